The molecule has 0 radical (unpaired) electrons. The first-order valence-electron chi connectivity index (χ1n) is 13.7. The van der Waals surface area contributed by atoms with Crippen LogP contribution in [0.2, 0.25) is 0 Å². The number of thioether (sulfide) groups is 1. The first kappa shape index (κ1) is 30.4. The van der Waals surface area contributed by atoms with E-state index in [0.29, 0.717) is 35.3 Å². The van der Waals surface area contributed by atoms with Crippen molar-refractivity contribution in [2.45, 2.75) is 57.5 Å². The summed E-state index contributed by atoms with van der Waals surface area (Å²) < 4.78 is 29.7. The molecule has 41 heavy (non-hydrogen) atoms. The van der Waals surface area contributed by atoms with Crippen LogP contribution in [0, 0.1) is 6.92 Å². The summed E-state index contributed by atoms with van der Waals surface area (Å²) in [6.45, 7) is 10.3. The lowest BCUT2D eigenvalue weighted by molar-refractivity contribution is -0.113. The lowest BCUT2D eigenvalue weighted by Gasteiger charge is -2.20. The van der Waals surface area contributed by atoms with Gasteiger partial charge in [0.25, 0.3) is 0 Å². The summed E-state index contributed by atoms with van der Waals surface area (Å²) in [4.78, 5) is 17.5. The van der Waals surface area contributed by atoms with Gasteiger partial charge in [-0.3, -0.25) is 14.3 Å². The number of carbonyl (C=O) groups excluding carboxylic acids is 1. The van der Waals surface area contributed by atoms with Gasteiger partial charge in [-0.1, -0.05) is 63.7 Å². The third-order valence-corrected chi connectivity index (χ3v) is 9.99. The molecule has 0 spiro atoms. The maximum absolute atomic E-state index is 13.1. The number of sulfonamides is 1. The number of carbonyl (C=O) groups is 1. The van der Waals surface area contributed by atoms with E-state index in [1.807, 2.05) is 16.7 Å². The minimum Gasteiger partial charge on any atom is -0.325 e. The van der Waals surface area contributed by atoms with E-state index in [-0.39, 0.29) is 16.6 Å². The first-order valence-corrected chi connectivity index (χ1v) is 16.2. The number of para-hydroxylation sites is 1. The van der Waals surface area contributed by atoms with Crippen molar-refractivity contribution in [1.29, 1.82) is 0 Å². The molecule has 1 N–H and O–H groups in total. The molecule has 0 saturated carbocycles. The Bertz CT molecular complexity index is 1590. The molecule has 0 bridgehead atoms. The zero-order valence-electron chi connectivity index (χ0n) is 24.1. The summed E-state index contributed by atoms with van der Waals surface area (Å²) in [5.74, 6) is 0.441. The largest absolute Gasteiger partial charge is 0.325 e. The van der Waals surface area contributed by atoms with Gasteiger partial charge in [0.1, 0.15) is 0 Å². The van der Waals surface area contributed by atoms with Crippen molar-refractivity contribution < 1.29 is 13.2 Å². The second kappa shape index (κ2) is 13.4. The summed E-state index contributed by atoms with van der Waals surface area (Å²) in [5, 5.41) is 12.4. The number of aryl methyl sites for hydroxylation is 3. The number of rotatable bonds is 12. The van der Waals surface area contributed by atoms with Crippen molar-refractivity contribution in [3.8, 4) is 17.1 Å². The van der Waals surface area contributed by atoms with Gasteiger partial charge in [-0.25, -0.2) is 8.42 Å². The van der Waals surface area contributed by atoms with E-state index < -0.39 is 10.0 Å². The fourth-order valence-corrected chi connectivity index (χ4v) is 7.18. The minimum absolute atomic E-state index is 0.0624. The number of aromatic nitrogens is 4. The molecule has 4 rings (SSSR count). The Kier molecular flexibility index (Phi) is 9.95. The number of benzene rings is 2. The van der Waals surface area contributed by atoms with Gasteiger partial charge in [0.05, 0.1) is 16.3 Å². The predicted octanol–water partition coefficient (Wildman–Crippen LogP) is 5.52. The molecular weight excluding hydrogens is 557 g/mol. The smallest absolute Gasteiger partial charge is 0.243 e. The average Bonchev–Trinajstić information content (AvgIpc) is 3.40. The Hall–Kier alpha value is -3.54. The van der Waals surface area contributed by atoms with Crippen molar-refractivity contribution in [2.24, 2.45) is 0 Å². The normalized spacial score (nSPS) is 11.7. The Morgan fingerprint density at radius 2 is 1.68 bits per heavy atom. The summed E-state index contributed by atoms with van der Waals surface area (Å²) in [6, 6.07) is 15.0. The maximum atomic E-state index is 13.1. The highest BCUT2D eigenvalue weighted by Gasteiger charge is 2.25. The molecule has 0 saturated heterocycles. The van der Waals surface area contributed by atoms with Crippen molar-refractivity contribution in [1.82, 2.24) is 24.1 Å². The van der Waals surface area contributed by atoms with Crippen molar-refractivity contribution in [3.05, 3.63) is 77.6 Å². The van der Waals surface area contributed by atoms with Crippen molar-refractivity contribution in [3.63, 3.8) is 0 Å². The van der Waals surface area contributed by atoms with Crippen LogP contribution in [0.5, 0.6) is 0 Å². The monoisotopic (exact) mass is 592 g/mol. The third kappa shape index (κ3) is 6.52. The molecular formula is C30H36N6O3S2. The Morgan fingerprint density at radius 1 is 0.976 bits per heavy atom. The number of pyridine rings is 1. The number of anilines is 1. The summed E-state index contributed by atoms with van der Waals surface area (Å²) in [7, 11) is -3.67. The second-order valence-corrected chi connectivity index (χ2v) is 12.3. The highest BCUT2D eigenvalue weighted by atomic mass is 32.2. The lowest BCUT2D eigenvalue weighted by atomic mass is 10.0. The molecule has 4 aromatic rings. The fourth-order valence-electron chi connectivity index (χ4n) is 4.73. The molecule has 0 fully saturated rings. The van der Waals surface area contributed by atoms with E-state index in [4.69, 9.17) is 0 Å². The second-order valence-electron chi connectivity index (χ2n) is 9.42. The van der Waals surface area contributed by atoms with E-state index in [2.05, 4.69) is 52.5 Å². The van der Waals surface area contributed by atoms with Crippen LogP contribution in [-0.2, 0) is 27.7 Å². The maximum Gasteiger partial charge on any atom is 0.243 e. The lowest BCUT2D eigenvalue weighted by Crippen LogP contribution is -2.31. The van der Waals surface area contributed by atoms with Crippen LogP contribution in [0.1, 0.15) is 44.4 Å². The van der Waals surface area contributed by atoms with Crippen molar-refractivity contribution in [2.75, 3.05) is 24.2 Å². The van der Waals surface area contributed by atoms with Crippen LogP contribution in [-0.4, -0.2) is 57.2 Å². The molecule has 0 aliphatic carbocycles. The molecule has 0 aliphatic rings. The SMILES string of the molecule is CCc1cccc(CC)c1-n1c(SCC(=O)Nc2ccc(C)c(S(=O)(=O)N(CC)CC)c2)nnc1-c1cccnc1. The van der Waals surface area contributed by atoms with Gasteiger partial charge < -0.3 is 5.32 Å². The summed E-state index contributed by atoms with van der Waals surface area (Å²) in [5.41, 5.74) is 5.21. The standard InChI is InChI=1S/C30H36N6O3S2/c1-6-22-12-10-13-23(7-2)28(22)36-29(24-14-11-17-31-19-24)33-34-30(36)40-20-27(37)32-25-16-15-21(5)26(18-25)41(38,39)35(8-3)9-4/h10-19H,6-9,20H2,1-5H3,(H,32,37). The molecule has 2 heterocycles. The molecule has 11 heteroatoms. The molecule has 2 aromatic carbocycles. The van der Waals surface area contributed by atoms with E-state index >= 15 is 0 Å². The van der Waals surface area contributed by atoms with Crippen LogP contribution in [0.15, 0.2) is 71.0 Å². The number of hydrogen-bond acceptors (Lipinski definition) is 7. The van der Waals surface area contributed by atoms with Gasteiger partial charge in [-0.05, 0) is 60.7 Å². The highest BCUT2D eigenvalue weighted by Crippen LogP contribution is 2.32. The van der Waals surface area contributed by atoms with E-state index in [1.54, 1.807) is 45.3 Å². The fraction of sp³-hybridized carbons (Fsp3) is 0.333. The molecule has 216 valence electrons. The molecule has 0 unspecified atom stereocenters. The Balaban J connectivity index is 1.63. The summed E-state index contributed by atoms with van der Waals surface area (Å²) >= 11 is 1.28. The van der Waals surface area contributed by atoms with Gasteiger partial charge in [0.2, 0.25) is 15.9 Å². The number of amides is 1. The third-order valence-electron chi connectivity index (χ3n) is 6.87. The van der Waals surface area contributed by atoms with E-state index in [9.17, 15) is 13.2 Å². The minimum atomic E-state index is -3.67. The molecule has 0 atom stereocenters. The van der Waals surface area contributed by atoms with E-state index in [1.165, 1.54) is 22.1 Å². The van der Waals surface area contributed by atoms with Crippen LogP contribution in [0.3, 0.4) is 0 Å². The number of nitrogens with one attached hydrogen (secondary N) is 1. The van der Waals surface area contributed by atoms with Gasteiger partial charge >= 0.3 is 0 Å². The quantitative estimate of drug-likeness (QED) is 0.216. The Morgan fingerprint density at radius 3 is 2.29 bits per heavy atom. The Labute approximate surface area is 246 Å². The molecule has 9 nitrogen and oxygen atoms in total. The molecule has 1 amide bonds. The van der Waals surface area contributed by atoms with Gasteiger partial charge in [0, 0.05) is 36.7 Å². The summed E-state index contributed by atoms with van der Waals surface area (Å²) in [6.07, 6.45) is 5.11. The molecule has 0 aliphatic heterocycles. The van der Waals surface area contributed by atoms with E-state index in [0.717, 1.165) is 35.2 Å². The van der Waals surface area contributed by atoms with Crippen LogP contribution < -0.4 is 5.32 Å². The number of nitrogens with zero attached hydrogens (tertiary/aromatic N) is 5. The van der Waals surface area contributed by atoms with Crippen molar-refractivity contribution >= 4 is 33.4 Å². The van der Waals surface area contributed by atoms with Gasteiger partial charge in [0.15, 0.2) is 11.0 Å². The average molecular weight is 593 g/mol. The zero-order valence-corrected chi connectivity index (χ0v) is 25.7. The number of hydrogen-bond donors (Lipinski definition) is 1. The molecule has 2 aromatic heterocycles. The topological polar surface area (TPSA) is 110 Å². The zero-order chi connectivity index (χ0) is 29.6. The first-order chi connectivity index (χ1) is 19.7. The predicted molar refractivity (Wildman–Crippen MR) is 164 cm³/mol. The van der Waals surface area contributed by atoms with Crippen LogP contribution in [0.25, 0.3) is 17.1 Å². The van der Waals surface area contributed by atoms with Crippen LogP contribution in [0.4, 0.5) is 5.69 Å². The van der Waals surface area contributed by atoms with Crippen LogP contribution >= 0.6 is 11.8 Å². The highest BCUT2D eigenvalue weighted by molar-refractivity contribution is 7.99. The van der Waals surface area contributed by atoms with Gasteiger partial charge in [-0.2, -0.15) is 4.31 Å². The van der Waals surface area contributed by atoms with Gasteiger partial charge in [-0.15, -0.1) is 10.2 Å².